The summed E-state index contributed by atoms with van der Waals surface area (Å²) in [7, 11) is 1.28. The van der Waals surface area contributed by atoms with Crippen LogP contribution in [0.15, 0.2) is 101 Å². The number of nitrogens with zero attached hydrogens (tertiary/aromatic N) is 1. The SMILES string of the molecule is CCOc1cc([C@@H]2NC(=O)NC(C)=C2C(=O)OC)ccc1OC[C@H](O)N/N=C/c1c(OCc2ccccc2)ccc2ccccc12. The largest absolute Gasteiger partial charge is 0.490 e. The third kappa shape index (κ3) is 7.56. The van der Waals surface area contributed by atoms with Crippen molar-refractivity contribution >= 4 is 29.0 Å². The molecule has 2 amide bonds. The third-order valence-corrected chi connectivity index (χ3v) is 7.26. The first-order valence-corrected chi connectivity index (χ1v) is 14.8. The number of hydrogen-bond acceptors (Lipinski definition) is 9. The number of hydrogen-bond donors (Lipinski definition) is 4. The van der Waals surface area contributed by atoms with Gasteiger partial charge in [-0.1, -0.05) is 66.7 Å². The van der Waals surface area contributed by atoms with Gasteiger partial charge in [-0.15, -0.1) is 0 Å². The van der Waals surface area contributed by atoms with Crippen LogP contribution in [-0.2, 0) is 16.1 Å². The van der Waals surface area contributed by atoms with Crippen molar-refractivity contribution in [2.75, 3.05) is 20.3 Å². The number of hydrazone groups is 1. The van der Waals surface area contributed by atoms with Gasteiger partial charge in [0.25, 0.3) is 0 Å². The highest BCUT2D eigenvalue weighted by Gasteiger charge is 2.32. The van der Waals surface area contributed by atoms with Crippen LogP contribution in [0.25, 0.3) is 10.8 Å². The molecule has 4 aromatic carbocycles. The number of carbonyl (C=O) groups is 2. The van der Waals surface area contributed by atoms with Crippen LogP contribution in [-0.4, -0.2) is 49.9 Å². The van der Waals surface area contributed by atoms with Crippen molar-refractivity contribution in [3.8, 4) is 17.2 Å². The number of methoxy groups -OCH3 is 1. The van der Waals surface area contributed by atoms with Gasteiger partial charge in [0.2, 0.25) is 0 Å². The van der Waals surface area contributed by atoms with Crippen LogP contribution in [0.3, 0.4) is 0 Å². The molecule has 0 bridgehead atoms. The number of urea groups is 1. The number of esters is 1. The number of aliphatic hydroxyl groups excluding tert-OH is 1. The lowest BCUT2D eigenvalue weighted by Crippen LogP contribution is -2.45. The number of rotatable bonds is 13. The van der Waals surface area contributed by atoms with E-state index in [4.69, 9.17) is 18.9 Å². The Morgan fingerprint density at radius 2 is 1.74 bits per heavy atom. The molecule has 0 unspecified atom stereocenters. The molecule has 11 heteroatoms. The summed E-state index contributed by atoms with van der Waals surface area (Å²) in [4.78, 5) is 24.7. The Balaban J connectivity index is 1.28. The lowest BCUT2D eigenvalue weighted by atomic mass is 9.95. The van der Waals surface area contributed by atoms with E-state index < -0.39 is 24.3 Å². The lowest BCUT2D eigenvalue weighted by molar-refractivity contribution is -0.136. The second-order valence-electron chi connectivity index (χ2n) is 10.4. The maximum atomic E-state index is 12.5. The molecule has 11 nitrogen and oxygen atoms in total. The first kappa shape index (κ1) is 31.9. The minimum absolute atomic E-state index is 0.153. The molecule has 1 aliphatic heterocycles. The summed E-state index contributed by atoms with van der Waals surface area (Å²) in [6, 6.07) is 25.6. The Labute approximate surface area is 266 Å². The van der Waals surface area contributed by atoms with Crippen molar-refractivity contribution in [1.29, 1.82) is 0 Å². The predicted octanol–water partition coefficient (Wildman–Crippen LogP) is 4.94. The van der Waals surface area contributed by atoms with Crippen LogP contribution in [0.5, 0.6) is 17.2 Å². The third-order valence-electron chi connectivity index (χ3n) is 7.26. The van der Waals surface area contributed by atoms with Gasteiger partial charge < -0.3 is 34.7 Å². The van der Waals surface area contributed by atoms with Crippen LogP contribution < -0.4 is 30.3 Å². The van der Waals surface area contributed by atoms with Gasteiger partial charge >= 0.3 is 12.0 Å². The number of fused-ring (bicyclic) bond motifs is 1. The lowest BCUT2D eigenvalue weighted by Gasteiger charge is -2.28. The van der Waals surface area contributed by atoms with Crippen molar-refractivity contribution < 1.29 is 33.6 Å². The molecule has 5 rings (SSSR count). The minimum Gasteiger partial charge on any atom is -0.490 e. The van der Waals surface area contributed by atoms with Crippen molar-refractivity contribution in [3.05, 3.63) is 113 Å². The summed E-state index contributed by atoms with van der Waals surface area (Å²) in [6.07, 6.45) is 0.461. The van der Waals surface area contributed by atoms with Crippen molar-refractivity contribution in [2.45, 2.75) is 32.7 Å². The van der Waals surface area contributed by atoms with E-state index in [2.05, 4.69) is 21.2 Å². The van der Waals surface area contributed by atoms with E-state index in [-0.39, 0.29) is 12.2 Å². The number of ether oxygens (including phenoxy) is 4. The Morgan fingerprint density at radius 1 is 0.978 bits per heavy atom. The molecule has 0 fully saturated rings. The summed E-state index contributed by atoms with van der Waals surface area (Å²) in [6.45, 7) is 4.04. The van der Waals surface area contributed by atoms with Crippen LogP contribution in [0.2, 0.25) is 0 Å². The molecule has 4 N–H and O–H groups in total. The molecule has 1 heterocycles. The Kier molecular flexibility index (Phi) is 10.4. The molecule has 0 spiro atoms. The zero-order valence-electron chi connectivity index (χ0n) is 25.8. The maximum absolute atomic E-state index is 12.5. The summed E-state index contributed by atoms with van der Waals surface area (Å²) in [5, 5.41) is 22.3. The van der Waals surface area contributed by atoms with E-state index in [1.165, 1.54) is 7.11 Å². The van der Waals surface area contributed by atoms with E-state index >= 15 is 0 Å². The zero-order valence-corrected chi connectivity index (χ0v) is 25.8. The molecule has 0 aromatic heterocycles. The number of benzene rings is 4. The standard InChI is InChI=1S/C35H36N4O7/c1-4-44-30-18-25(33-32(34(41)43-3)22(2)37-35(42)38-33)15-17-29(30)46-21-31(40)39-36-19-27-26-13-9-8-12-24(26)14-16-28(27)45-20-23-10-6-5-7-11-23/h5-19,31,33,39-40H,4,20-21H2,1-3H3,(H2,37,38,42)/b36-19+/t31-,33-/m0/s1. The second-order valence-corrected chi connectivity index (χ2v) is 10.4. The molecule has 2 atom stereocenters. The maximum Gasteiger partial charge on any atom is 0.337 e. The highest BCUT2D eigenvalue weighted by Crippen LogP contribution is 2.35. The van der Waals surface area contributed by atoms with E-state index in [1.807, 2.05) is 73.7 Å². The first-order valence-electron chi connectivity index (χ1n) is 14.8. The highest BCUT2D eigenvalue weighted by molar-refractivity contribution is 6.02. The van der Waals surface area contributed by atoms with Crippen LogP contribution >= 0.6 is 0 Å². The predicted molar refractivity (Wildman–Crippen MR) is 174 cm³/mol. The van der Waals surface area contributed by atoms with Crippen LogP contribution in [0.4, 0.5) is 4.79 Å². The van der Waals surface area contributed by atoms with Crippen LogP contribution in [0.1, 0.15) is 36.6 Å². The van der Waals surface area contributed by atoms with E-state index in [1.54, 1.807) is 31.3 Å². The number of carbonyl (C=O) groups excluding carboxylic acids is 2. The fourth-order valence-electron chi connectivity index (χ4n) is 5.08. The normalized spacial score (nSPS) is 15.2. The Morgan fingerprint density at radius 3 is 2.52 bits per heavy atom. The number of amides is 2. The average molecular weight is 625 g/mol. The van der Waals surface area contributed by atoms with E-state index in [9.17, 15) is 14.7 Å². The van der Waals surface area contributed by atoms with Gasteiger partial charge in [-0.3, -0.25) is 5.43 Å². The van der Waals surface area contributed by atoms with Gasteiger partial charge in [0.1, 0.15) is 19.0 Å². The molecule has 0 saturated carbocycles. The molecule has 46 heavy (non-hydrogen) atoms. The van der Waals surface area contributed by atoms with Crippen molar-refractivity contribution in [1.82, 2.24) is 16.1 Å². The minimum atomic E-state index is -1.16. The van der Waals surface area contributed by atoms with E-state index in [0.717, 1.165) is 21.9 Å². The molecular weight excluding hydrogens is 588 g/mol. The quantitative estimate of drug-likeness (QED) is 0.0710. The molecule has 4 aromatic rings. The fraction of sp³-hybridized carbons (Fsp3) is 0.229. The Bertz CT molecular complexity index is 1760. The molecule has 0 aliphatic carbocycles. The molecule has 1 aliphatic rings. The van der Waals surface area contributed by atoms with Crippen LogP contribution in [0, 0.1) is 0 Å². The molecule has 0 radical (unpaired) electrons. The molecule has 238 valence electrons. The topological polar surface area (TPSA) is 140 Å². The summed E-state index contributed by atoms with van der Waals surface area (Å²) in [5.74, 6) is 0.829. The second kappa shape index (κ2) is 15.0. The van der Waals surface area contributed by atoms with Gasteiger partial charge in [-0.25, -0.2) is 9.59 Å². The van der Waals surface area contributed by atoms with Gasteiger partial charge in [-0.05, 0) is 53.9 Å². The summed E-state index contributed by atoms with van der Waals surface area (Å²) >= 11 is 0. The average Bonchev–Trinajstić information content (AvgIpc) is 3.07. The molecular formula is C35H36N4O7. The number of allylic oxidation sites excluding steroid dienone is 1. The van der Waals surface area contributed by atoms with Gasteiger partial charge in [-0.2, -0.15) is 5.10 Å². The number of aliphatic hydroxyl groups is 1. The van der Waals surface area contributed by atoms with Crippen molar-refractivity contribution in [3.63, 3.8) is 0 Å². The van der Waals surface area contributed by atoms with Crippen molar-refractivity contribution in [2.24, 2.45) is 5.10 Å². The molecule has 0 saturated heterocycles. The zero-order chi connectivity index (χ0) is 32.5. The highest BCUT2D eigenvalue weighted by atomic mass is 16.5. The summed E-state index contributed by atoms with van der Waals surface area (Å²) < 4.78 is 22.8. The fourth-order valence-corrected chi connectivity index (χ4v) is 5.08. The van der Waals surface area contributed by atoms with Gasteiger partial charge in [0.05, 0.1) is 31.5 Å². The number of nitrogens with one attached hydrogen (secondary N) is 3. The monoisotopic (exact) mass is 624 g/mol. The smallest absolute Gasteiger partial charge is 0.337 e. The summed E-state index contributed by atoms with van der Waals surface area (Å²) in [5.41, 5.74) is 5.78. The Hall–Kier alpha value is -5.55. The van der Waals surface area contributed by atoms with Gasteiger partial charge in [0, 0.05) is 11.3 Å². The van der Waals surface area contributed by atoms with E-state index in [0.29, 0.717) is 41.7 Å². The first-order chi connectivity index (χ1) is 22.4. The van der Waals surface area contributed by atoms with Gasteiger partial charge in [0.15, 0.2) is 17.7 Å².